The van der Waals surface area contributed by atoms with Gasteiger partial charge >= 0.3 is 5.91 Å². The zero-order valence-corrected chi connectivity index (χ0v) is 17.4. The van der Waals surface area contributed by atoms with E-state index in [1.165, 1.54) is 11.3 Å². The van der Waals surface area contributed by atoms with Gasteiger partial charge in [-0.3, -0.25) is 9.52 Å². The lowest BCUT2D eigenvalue weighted by atomic mass is 9.95. The van der Waals surface area contributed by atoms with Crippen molar-refractivity contribution in [1.82, 2.24) is 5.01 Å². The van der Waals surface area contributed by atoms with Crippen molar-refractivity contribution in [2.24, 2.45) is 5.10 Å². The lowest BCUT2D eigenvalue weighted by molar-refractivity contribution is 0.0679. The normalized spacial score (nSPS) is 16.4. The Morgan fingerprint density at radius 3 is 2.53 bits per heavy atom. The van der Waals surface area contributed by atoms with Gasteiger partial charge in [0.25, 0.3) is 0 Å². The van der Waals surface area contributed by atoms with Gasteiger partial charge < -0.3 is 4.42 Å². The minimum absolute atomic E-state index is 0.170. The molecule has 154 valence electrons. The number of carbonyl (C=O) groups is 1. The van der Waals surface area contributed by atoms with Gasteiger partial charge in [0.2, 0.25) is 10.0 Å². The molecule has 0 aliphatic carbocycles. The summed E-state index contributed by atoms with van der Waals surface area (Å²) >= 11 is 0. The summed E-state index contributed by atoms with van der Waals surface area (Å²) in [5, 5.41) is 6.01. The van der Waals surface area contributed by atoms with E-state index in [2.05, 4.69) is 9.82 Å². The van der Waals surface area contributed by atoms with Crippen molar-refractivity contribution < 1.29 is 17.6 Å². The summed E-state index contributed by atoms with van der Waals surface area (Å²) in [6.07, 6.45) is 2.97. The molecule has 4 rings (SSSR count). The number of rotatable bonds is 5. The second kappa shape index (κ2) is 7.79. The summed E-state index contributed by atoms with van der Waals surface area (Å²) in [5.74, 6) is -0.217. The van der Waals surface area contributed by atoms with Gasteiger partial charge in [0, 0.05) is 17.5 Å². The van der Waals surface area contributed by atoms with E-state index in [0.29, 0.717) is 17.7 Å². The van der Waals surface area contributed by atoms with Crippen LogP contribution >= 0.6 is 0 Å². The fraction of sp³-hybridized carbons (Fsp3) is 0.182. The topological polar surface area (TPSA) is 92.0 Å². The summed E-state index contributed by atoms with van der Waals surface area (Å²) in [5.41, 5.74) is 3.83. The molecule has 2 aromatic carbocycles. The number of anilines is 1. The molecule has 0 saturated carbocycles. The van der Waals surface area contributed by atoms with Crippen LogP contribution in [-0.2, 0) is 10.0 Å². The molecule has 0 spiro atoms. The Morgan fingerprint density at radius 2 is 1.83 bits per heavy atom. The third kappa shape index (κ3) is 3.99. The van der Waals surface area contributed by atoms with Crippen LogP contribution in [0, 0.1) is 6.92 Å². The fourth-order valence-electron chi connectivity index (χ4n) is 3.59. The predicted molar refractivity (Wildman–Crippen MR) is 115 cm³/mol. The standard InChI is InChI=1S/C22H21N3O4S/c1-15-8-3-4-9-16(15)19-14-20(25(23-19)22(26)21-12-7-13-29-21)17-10-5-6-11-18(17)24-30(2,27)28/h3-13,20,24H,14H2,1-2H3/t20-/m1/s1. The molecule has 1 amide bonds. The number of aryl methyl sites for hydroxylation is 1. The lowest BCUT2D eigenvalue weighted by Crippen LogP contribution is -2.27. The van der Waals surface area contributed by atoms with Crippen LogP contribution in [0.4, 0.5) is 5.69 Å². The van der Waals surface area contributed by atoms with Crippen LogP contribution in [0.1, 0.15) is 39.7 Å². The first-order valence-electron chi connectivity index (χ1n) is 9.41. The number of nitrogens with zero attached hydrogens (tertiary/aromatic N) is 2. The number of amides is 1. The molecule has 1 aliphatic rings. The van der Waals surface area contributed by atoms with Gasteiger partial charge in [0.1, 0.15) is 0 Å². The van der Waals surface area contributed by atoms with Gasteiger partial charge in [-0.1, -0.05) is 42.5 Å². The molecule has 1 aromatic heterocycles. The molecular weight excluding hydrogens is 402 g/mol. The molecule has 0 bridgehead atoms. The number of hydrogen-bond acceptors (Lipinski definition) is 5. The van der Waals surface area contributed by atoms with E-state index in [4.69, 9.17) is 4.42 Å². The first-order chi connectivity index (χ1) is 14.3. The maximum absolute atomic E-state index is 13.1. The summed E-state index contributed by atoms with van der Waals surface area (Å²) in [6, 6.07) is 17.6. The van der Waals surface area contributed by atoms with Crippen molar-refractivity contribution in [3.8, 4) is 0 Å². The number of benzene rings is 2. The molecule has 0 unspecified atom stereocenters. The first kappa shape index (κ1) is 19.9. The van der Waals surface area contributed by atoms with Crippen molar-refractivity contribution >= 4 is 27.3 Å². The Hall–Kier alpha value is -3.39. The van der Waals surface area contributed by atoms with E-state index in [9.17, 15) is 13.2 Å². The zero-order chi connectivity index (χ0) is 21.3. The second-order valence-corrected chi connectivity index (χ2v) is 8.92. The number of nitrogens with one attached hydrogen (secondary N) is 1. The van der Waals surface area contributed by atoms with Gasteiger partial charge in [0.05, 0.1) is 30.0 Å². The minimum Gasteiger partial charge on any atom is -0.459 e. The van der Waals surface area contributed by atoms with Crippen molar-refractivity contribution in [2.45, 2.75) is 19.4 Å². The molecule has 0 saturated heterocycles. The minimum atomic E-state index is -3.49. The maximum Gasteiger partial charge on any atom is 0.310 e. The molecule has 30 heavy (non-hydrogen) atoms. The van der Waals surface area contributed by atoms with Crippen molar-refractivity contribution in [3.63, 3.8) is 0 Å². The third-order valence-electron chi connectivity index (χ3n) is 4.92. The highest BCUT2D eigenvalue weighted by Gasteiger charge is 2.36. The highest BCUT2D eigenvalue weighted by atomic mass is 32.2. The van der Waals surface area contributed by atoms with E-state index in [1.54, 1.807) is 30.3 Å². The van der Waals surface area contributed by atoms with Crippen LogP contribution in [-0.4, -0.2) is 31.3 Å². The SMILES string of the molecule is Cc1ccccc1C1=NN(C(=O)c2ccco2)[C@@H](c2ccccc2NS(C)(=O)=O)C1. The van der Waals surface area contributed by atoms with Crippen LogP contribution < -0.4 is 4.72 Å². The lowest BCUT2D eigenvalue weighted by Gasteiger charge is -2.23. The molecule has 0 radical (unpaired) electrons. The van der Waals surface area contributed by atoms with E-state index in [0.717, 1.165) is 23.1 Å². The third-order valence-corrected chi connectivity index (χ3v) is 5.51. The van der Waals surface area contributed by atoms with Crippen LogP contribution in [0.2, 0.25) is 0 Å². The van der Waals surface area contributed by atoms with E-state index in [1.807, 2.05) is 37.3 Å². The Morgan fingerprint density at radius 1 is 1.10 bits per heavy atom. The molecule has 8 heteroatoms. The average Bonchev–Trinajstić information content (AvgIpc) is 3.37. The van der Waals surface area contributed by atoms with E-state index < -0.39 is 16.1 Å². The fourth-order valence-corrected chi connectivity index (χ4v) is 4.18. The number of hydrogen-bond donors (Lipinski definition) is 1. The van der Waals surface area contributed by atoms with Crippen LogP contribution in [0.5, 0.6) is 0 Å². The molecule has 1 aliphatic heterocycles. The van der Waals surface area contributed by atoms with Gasteiger partial charge in [-0.05, 0) is 30.7 Å². The van der Waals surface area contributed by atoms with Crippen molar-refractivity contribution in [2.75, 3.05) is 11.0 Å². The van der Waals surface area contributed by atoms with Crippen LogP contribution in [0.25, 0.3) is 0 Å². The second-order valence-electron chi connectivity index (χ2n) is 7.17. The van der Waals surface area contributed by atoms with Crippen LogP contribution in [0.15, 0.2) is 76.4 Å². The number of carbonyl (C=O) groups excluding carboxylic acids is 1. The summed E-state index contributed by atoms with van der Waals surface area (Å²) < 4.78 is 31.6. The van der Waals surface area contributed by atoms with Gasteiger partial charge in [-0.25, -0.2) is 13.4 Å². The molecular formula is C22H21N3O4S. The van der Waals surface area contributed by atoms with Gasteiger partial charge in [0.15, 0.2) is 5.76 Å². The first-order valence-corrected chi connectivity index (χ1v) is 11.3. The largest absolute Gasteiger partial charge is 0.459 e. The van der Waals surface area contributed by atoms with E-state index in [-0.39, 0.29) is 11.7 Å². The maximum atomic E-state index is 13.1. The molecule has 1 N–H and O–H groups in total. The molecule has 1 atom stereocenters. The van der Waals surface area contributed by atoms with Crippen molar-refractivity contribution in [1.29, 1.82) is 0 Å². The zero-order valence-electron chi connectivity index (χ0n) is 16.6. The van der Waals surface area contributed by atoms with Gasteiger partial charge in [-0.2, -0.15) is 5.10 Å². The summed E-state index contributed by atoms with van der Waals surface area (Å²) in [7, 11) is -3.49. The molecule has 0 fully saturated rings. The Kier molecular flexibility index (Phi) is 5.17. The summed E-state index contributed by atoms with van der Waals surface area (Å²) in [6.45, 7) is 1.99. The Labute approximate surface area is 175 Å². The molecule has 7 nitrogen and oxygen atoms in total. The highest BCUT2D eigenvalue weighted by molar-refractivity contribution is 7.92. The van der Waals surface area contributed by atoms with E-state index >= 15 is 0 Å². The van der Waals surface area contributed by atoms with Gasteiger partial charge in [-0.15, -0.1) is 0 Å². The number of hydrazone groups is 1. The predicted octanol–water partition coefficient (Wildman–Crippen LogP) is 3.95. The Bertz CT molecular complexity index is 1220. The number of para-hydroxylation sites is 1. The quantitative estimate of drug-likeness (QED) is 0.673. The number of sulfonamides is 1. The molecule has 3 aromatic rings. The van der Waals surface area contributed by atoms with Crippen LogP contribution in [0.3, 0.4) is 0 Å². The van der Waals surface area contributed by atoms with Crippen molar-refractivity contribution in [3.05, 3.63) is 89.4 Å². The Balaban J connectivity index is 1.79. The average molecular weight is 423 g/mol. The number of furan rings is 1. The summed E-state index contributed by atoms with van der Waals surface area (Å²) in [4.78, 5) is 13.1. The molecule has 2 heterocycles. The smallest absolute Gasteiger partial charge is 0.310 e. The highest BCUT2D eigenvalue weighted by Crippen LogP contribution is 2.38. The monoisotopic (exact) mass is 423 g/mol.